The summed E-state index contributed by atoms with van der Waals surface area (Å²) in [4.78, 5) is 24.2. The van der Waals surface area contributed by atoms with Gasteiger partial charge in [0.1, 0.15) is 11.9 Å². The molecule has 0 radical (unpaired) electrons. The number of aryl methyl sites for hydroxylation is 1. The number of anilines is 1. The Labute approximate surface area is 151 Å². The van der Waals surface area contributed by atoms with E-state index in [-0.39, 0.29) is 17.6 Å². The summed E-state index contributed by atoms with van der Waals surface area (Å²) in [6, 6.07) is 20.0. The number of aromatic nitrogens is 1. The van der Waals surface area contributed by atoms with Crippen LogP contribution in [0.4, 0.5) is 5.69 Å². The molecule has 3 rings (SSSR count). The van der Waals surface area contributed by atoms with Crippen molar-refractivity contribution in [3.8, 4) is 5.75 Å². The minimum Gasteiger partial charge on any atom is -0.484 e. The molecule has 3 aromatic rings. The van der Waals surface area contributed by atoms with Crippen LogP contribution in [0.2, 0.25) is 0 Å². The first-order valence-electron chi connectivity index (χ1n) is 8.33. The predicted molar refractivity (Wildman–Crippen MR) is 102 cm³/mol. The summed E-state index contributed by atoms with van der Waals surface area (Å²) in [5.41, 5.74) is 1.67. The van der Waals surface area contributed by atoms with E-state index in [0.29, 0.717) is 17.0 Å². The van der Waals surface area contributed by atoms with E-state index in [1.54, 1.807) is 31.4 Å². The van der Waals surface area contributed by atoms with E-state index < -0.39 is 0 Å². The van der Waals surface area contributed by atoms with Crippen LogP contribution in [0.1, 0.15) is 28.9 Å². The fourth-order valence-corrected chi connectivity index (χ4v) is 2.54. The van der Waals surface area contributed by atoms with Crippen LogP contribution in [0.5, 0.6) is 5.75 Å². The minimum absolute atomic E-state index is 0.168. The second-order valence-electron chi connectivity index (χ2n) is 5.99. The van der Waals surface area contributed by atoms with E-state index >= 15 is 0 Å². The highest BCUT2D eigenvalue weighted by Gasteiger charge is 2.13. The van der Waals surface area contributed by atoms with Gasteiger partial charge in [-0.15, -0.1) is 0 Å². The lowest BCUT2D eigenvalue weighted by molar-refractivity contribution is 0.102. The van der Waals surface area contributed by atoms with Crippen LogP contribution in [0, 0.1) is 0 Å². The normalized spacial score (nSPS) is 11.6. The van der Waals surface area contributed by atoms with Gasteiger partial charge in [0.05, 0.1) is 5.69 Å². The van der Waals surface area contributed by atoms with Gasteiger partial charge in [0.2, 0.25) is 0 Å². The van der Waals surface area contributed by atoms with E-state index in [1.165, 1.54) is 10.6 Å². The van der Waals surface area contributed by atoms with Gasteiger partial charge in [0.15, 0.2) is 0 Å². The number of benzene rings is 2. The zero-order chi connectivity index (χ0) is 18.5. The number of amides is 1. The summed E-state index contributed by atoms with van der Waals surface area (Å²) in [7, 11) is 1.64. The molecule has 0 saturated heterocycles. The molecule has 26 heavy (non-hydrogen) atoms. The molecular weight excluding hydrogens is 328 g/mol. The zero-order valence-electron chi connectivity index (χ0n) is 14.7. The molecule has 132 valence electrons. The third-order valence-electron chi connectivity index (χ3n) is 4.07. The quantitative estimate of drug-likeness (QED) is 0.763. The lowest BCUT2D eigenvalue weighted by Gasteiger charge is -2.18. The van der Waals surface area contributed by atoms with Gasteiger partial charge in [-0.05, 0) is 30.7 Å². The van der Waals surface area contributed by atoms with Crippen molar-refractivity contribution >= 4 is 11.6 Å². The predicted octanol–water partition coefficient (Wildman–Crippen LogP) is 3.78. The molecule has 0 aliphatic heterocycles. The number of carbonyl (C=O) groups excluding carboxylic acids is 1. The van der Waals surface area contributed by atoms with Crippen LogP contribution in [-0.4, -0.2) is 10.5 Å². The monoisotopic (exact) mass is 348 g/mol. The number of nitrogens with zero attached hydrogens (tertiary/aromatic N) is 1. The Bertz CT molecular complexity index is 964. The van der Waals surface area contributed by atoms with Crippen LogP contribution >= 0.6 is 0 Å². The van der Waals surface area contributed by atoms with E-state index in [1.807, 2.05) is 49.4 Å². The Morgan fingerprint density at radius 2 is 1.73 bits per heavy atom. The average Bonchev–Trinajstić information content (AvgIpc) is 2.66. The first-order valence-corrected chi connectivity index (χ1v) is 8.33. The number of nitrogens with one attached hydrogen (secondary N) is 1. The first kappa shape index (κ1) is 17.5. The molecule has 0 bridgehead atoms. The maximum absolute atomic E-state index is 12.5. The number of ether oxygens (including phenoxy) is 1. The van der Waals surface area contributed by atoms with Crippen LogP contribution < -0.4 is 15.6 Å². The largest absolute Gasteiger partial charge is 0.484 e. The van der Waals surface area contributed by atoms with E-state index in [0.717, 1.165) is 5.56 Å². The Balaban J connectivity index is 1.79. The molecule has 1 atom stereocenters. The Kier molecular flexibility index (Phi) is 5.17. The molecule has 0 fully saturated rings. The molecule has 0 unspecified atom stereocenters. The fraction of sp³-hybridized carbons (Fsp3) is 0.143. The van der Waals surface area contributed by atoms with Crippen molar-refractivity contribution in [3.05, 3.63) is 94.4 Å². The Hall–Kier alpha value is -3.34. The molecule has 0 spiro atoms. The van der Waals surface area contributed by atoms with E-state index in [9.17, 15) is 9.59 Å². The molecule has 0 aliphatic rings. The number of hydrogen-bond donors (Lipinski definition) is 1. The maximum atomic E-state index is 12.5. The van der Waals surface area contributed by atoms with Crippen molar-refractivity contribution in [2.75, 3.05) is 5.32 Å². The third kappa shape index (κ3) is 4.00. The summed E-state index contributed by atoms with van der Waals surface area (Å²) < 4.78 is 7.44. The van der Waals surface area contributed by atoms with Gasteiger partial charge in [0, 0.05) is 24.9 Å². The van der Waals surface area contributed by atoms with Crippen molar-refractivity contribution < 1.29 is 9.53 Å². The van der Waals surface area contributed by atoms with Gasteiger partial charge in [-0.25, -0.2) is 0 Å². The summed E-state index contributed by atoms with van der Waals surface area (Å²) >= 11 is 0. The van der Waals surface area contributed by atoms with Crippen molar-refractivity contribution in [1.82, 2.24) is 4.57 Å². The Morgan fingerprint density at radius 3 is 2.46 bits per heavy atom. The molecule has 1 amide bonds. The molecule has 1 N–H and O–H groups in total. The second kappa shape index (κ2) is 7.70. The van der Waals surface area contributed by atoms with Crippen LogP contribution in [0.15, 0.2) is 77.7 Å². The molecule has 5 nitrogen and oxygen atoms in total. The van der Waals surface area contributed by atoms with Gasteiger partial charge in [-0.2, -0.15) is 0 Å². The molecule has 1 heterocycles. The molecular formula is C21H20N2O3. The molecule has 2 aromatic carbocycles. The highest BCUT2D eigenvalue weighted by Crippen LogP contribution is 2.29. The van der Waals surface area contributed by atoms with Crippen molar-refractivity contribution in [1.29, 1.82) is 0 Å². The average molecular weight is 348 g/mol. The van der Waals surface area contributed by atoms with Crippen LogP contribution in [0.25, 0.3) is 0 Å². The fourth-order valence-electron chi connectivity index (χ4n) is 2.54. The van der Waals surface area contributed by atoms with Crippen molar-refractivity contribution in [2.24, 2.45) is 7.05 Å². The standard InChI is InChI=1S/C21H20N2O3/c1-15(16-8-4-3-5-9-16)26-19-11-7-6-10-18(19)22-21(25)17-12-13-23(2)20(24)14-17/h3-15H,1-2H3,(H,22,25)/t15-/m1/s1. The van der Waals surface area contributed by atoms with Crippen LogP contribution in [-0.2, 0) is 7.05 Å². The zero-order valence-corrected chi connectivity index (χ0v) is 14.7. The SMILES string of the molecule is C[C@@H](Oc1ccccc1NC(=O)c1ccn(C)c(=O)c1)c1ccccc1. The van der Waals surface area contributed by atoms with E-state index in [2.05, 4.69) is 5.32 Å². The summed E-state index contributed by atoms with van der Waals surface area (Å²) in [5.74, 6) is 0.215. The summed E-state index contributed by atoms with van der Waals surface area (Å²) in [6.45, 7) is 1.95. The van der Waals surface area contributed by atoms with Gasteiger partial charge in [0.25, 0.3) is 11.5 Å². The topological polar surface area (TPSA) is 60.3 Å². The lowest BCUT2D eigenvalue weighted by atomic mass is 10.1. The molecule has 0 aliphatic carbocycles. The minimum atomic E-state index is -0.355. The number of carbonyl (C=O) groups is 1. The number of rotatable bonds is 5. The third-order valence-corrected chi connectivity index (χ3v) is 4.07. The molecule has 5 heteroatoms. The maximum Gasteiger partial charge on any atom is 0.256 e. The van der Waals surface area contributed by atoms with Gasteiger partial charge < -0.3 is 14.6 Å². The smallest absolute Gasteiger partial charge is 0.256 e. The molecule has 1 aromatic heterocycles. The highest BCUT2D eigenvalue weighted by molar-refractivity contribution is 6.04. The van der Waals surface area contributed by atoms with Crippen molar-refractivity contribution in [3.63, 3.8) is 0 Å². The first-order chi connectivity index (χ1) is 12.5. The number of pyridine rings is 1. The van der Waals surface area contributed by atoms with E-state index in [4.69, 9.17) is 4.74 Å². The number of para-hydroxylation sites is 2. The summed E-state index contributed by atoms with van der Waals surface area (Å²) in [6.07, 6.45) is 1.40. The molecule has 0 saturated carbocycles. The number of hydrogen-bond acceptors (Lipinski definition) is 3. The van der Waals surface area contributed by atoms with Crippen molar-refractivity contribution in [2.45, 2.75) is 13.0 Å². The van der Waals surface area contributed by atoms with Crippen LogP contribution in [0.3, 0.4) is 0 Å². The van der Waals surface area contributed by atoms with Gasteiger partial charge in [-0.3, -0.25) is 9.59 Å². The summed E-state index contributed by atoms with van der Waals surface area (Å²) in [5, 5.41) is 2.82. The Morgan fingerprint density at radius 1 is 1.04 bits per heavy atom. The second-order valence-corrected chi connectivity index (χ2v) is 5.99. The van der Waals surface area contributed by atoms with Gasteiger partial charge in [-0.1, -0.05) is 42.5 Å². The van der Waals surface area contributed by atoms with Gasteiger partial charge >= 0.3 is 0 Å². The highest BCUT2D eigenvalue weighted by atomic mass is 16.5. The lowest BCUT2D eigenvalue weighted by Crippen LogP contribution is -2.20.